The van der Waals surface area contributed by atoms with Crippen molar-refractivity contribution in [1.29, 1.82) is 0 Å². The summed E-state index contributed by atoms with van der Waals surface area (Å²) >= 11 is 4.60. The summed E-state index contributed by atoms with van der Waals surface area (Å²) in [4.78, 5) is 24.4. The molecular weight excluding hydrogens is 344 g/mol. The lowest BCUT2D eigenvalue weighted by atomic mass is 10.2. The lowest BCUT2D eigenvalue weighted by Gasteiger charge is -2.03. The molecule has 0 bridgehead atoms. The fraction of sp³-hybridized carbons (Fsp3) is 0.308. The van der Waals surface area contributed by atoms with Gasteiger partial charge in [-0.2, -0.15) is 5.10 Å². The third kappa shape index (κ3) is 2.99. The average Bonchev–Trinajstić information content (AvgIpc) is 2.91. The van der Waals surface area contributed by atoms with Crippen molar-refractivity contribution < 1.29 is 14.3 Å². The summed E-state index contributed by atoms with van der Waals surface area (Å²) < 4.78 is 7.56. The first kappa shape index (κ1) is 14.9. The van der Waals surface area contributed by atoms with Crippen molar-refractivity contribution in [2.45, 2.75) is 13.8 Å². The Balaban J connectivity index is 2.04. The maximum absolute atomic E-state index is 12.0. The van der Waals surface area contributed by atoms with E-state index in [4.69, 9.17) is 4.74 Å². The van der Waals surface area contributed by atoms with Gasteiger partial charge in [-0.25, -0.2) is 4.79 Å². The molecule has 0 saturated carbocycles. The van der Waals surface area contributed by atoms with Gasteiger partial charge in [-0.1, -0.05) is 0 Å². The Bertz CT molecular complexity index is 675. The van der Waals surface area contributed by atoms with Crippen LogP contribution in [0.2, 0.25) is 0 Å². The summed E-state index contributed by atoms with van der Waals surface area (Å²) in [5.74, 6) is -0.731. The number of ether oxygens (including phenoxy) is 1. The van der Waals surface area contributed by atoms with Crippen LogP contribution >= 0.6 is 27.3 Å². The molecule has 20 heavy (non-hydrogen) atoms. The molecule has 2 heterocycles. The van der Waals surface area contributed by atoms with Crippen molar-refractivity contribution >= 4 is 39.0 Å². The molecule has 7 heteroatoms. The van der Waals surface area contributed by atoms with E-state index >= 15 is 0 Å². The number of thiophene rings is 1. The summed E-state index contributed by atoms with van der Waals surface area (Å²) in [6.45, 7) is 3.26. The van der Waals surface area contributed by atoms with Gasteiger partial charge in [-0.05, 0) is 41.9 Å². The molecule has 0 amide bonds. The van der Waals surface area contributed by atoms with Crippen LogP contribution in [0.1, 0.15) is 31.4 Å². The molecule has 0 aromatic carbocycles. The van der Waals surface area contributed by atoms with Gasteiger partial charge < -0.3 is 4.74 Å². The van der Waals surface area contributed by atoms with E-state index in [0.29, 0.717) is 16.1 Å². The second-order valence-corrected chi connectivity index (χ2v) is 6.74. The quantitative estimate of drug-likeness (QED) is 0.624. The fourth-order valence-corrected chi connectivity index (χ4v) is 3.12. The largest absolute Gasteiger partial charge is 0.454 e. The third-order valence-corrected chi connectivity index (χ3v) is 4.56. The molecule has 0 radical (unpaired) electrons. The molecule has 5 nitrogen and oxygen atoms in total. The fourth-order valence-electron chi connectivity index (χ4n) is 1.81. The molecule has 0 unspecified atom stereocenters. The molecule has 0 aliphatic heterocycles. The zero-order valence-electron chi connectivity index (χ0n) is 11.3. The summed E-state index contributed by atoms with van der Waals surface area (Å²) in [5.41, 5.74) is 1.74. The highest BCUT2D eigenvalue weighted by atomic mass is 79.9. The van der Waals surface area contributed by atoms with Crippen LogP contribution in [-0.4, -0.2) is 28.1 Å². The maximum Gasteiger partial charge on any atom is 0.342 e. The number of nitrogens with zero attached hydrogens (tertiary/aromatic N) is 2. The van der Waals surface area contributed by atoms with Crippen molar-refractivity contribution in [1.82, 2.24) is 9.78 Å². The Morgan fingerprint density at radius 3 is 2.60 bits per heavy atom. The minimum absolute atomic E-state index is 0.215. The topological polar surface area (TPSA) is 61.2 Å². The normalized spacial score (nSPS) is 10.6. The molecule has 2 aromatic heterocycles. The number of esters is 1. The highest BCUT2D eigenvalue weighted by Gasteiger charge is 2.20. The summed E-state index contributed by atoms with van der Waals surface area (Å²) in [7, 11) is 1.76. The van der Waals surface area contributed by atoms with Crippen LogP contribution in [0.5, 0.6) is 0 Å². The van der Waals surface area contributed by atoms with Gasteiger partial charge in [0.05, 0.1) is 14.4 Å². The molecular formula is C13H13BrN2O3S. The highest BCUT2D eigenvalue weighted by Crippen LogP contribution is 2.22. The number of hydrogen-bond donors (Lipinski definition) is 0. The Morgan fingerprint density at radius 2 is 2.10 bits per heavy atom. The number of aryl methyl sites for hydroxylation is 2. The number of hydrogen-bond acceptors (Lipinski definition) is 5. The Kier molecular flexibility index (Phi) is 4.39. The van der Waals surface area contributed by atoms with Gasteiger partial charge in [0.1, 0.15) is 5.56 Å². The number of rotatable bonds is 4. The van der Waals surface area contributed by atoms with Crippen molar-refractivity contribution in [3.05, 3.63) is 37.7 Å². The van der Waals surface area contributed by atoms with E-state index in [1.54, 1.807) is 37.7 Å². The Hall–Kier alpha value is -1.47. The van der Waals surface area contributed by atoms with Crippen LogP contribution in [0.25, 0.3) is 0 Å². The zero-order valence-corrected chi connectivity index (χ0v) is 13.7. The maximum atomic E-state index is 12.0. The van der Waals surface area contributed by atoms with Gasteiger partial charge in [-0.15, -0.1) is 11.3 Å². The number of carbonyl (C=O) groups excluding carboxylic acids is 2. The van der Waals surface area contributed by atoms with Gasteiger partial charge in [-0.3, -0.25) is 9.48 Å². The van der Waals surface area contributed by atoms with Gasteiger partial charge in [0, 0.05) is 12.7 Å². The molecule has 106 valence electrons. The molecule has 0 fully saturated rings. The van der Waals surface area contributed by atoms with Crippen molar-refractivity contribution in [2.24, 2.45) is 7.05 Å². The monoisotopic (exact) mass is 356 g/mol. The molecule has 2 rings (SSSR count). The van der Waals surface area contributed by atoms with E-state index in [0.717, 1.165) is 9.48 Å². The summed E-state index contributed by atoms with van der Waals surface area (Å²) in [5, 5.41) is 4.15. The predicted molar refractivity (Wildman–Crippen MR) is 79.3 cm³/mol. The molecule has 0 saturated heterocycles. The second kappa shape index (κ2) is 5.88. The van der Waals surface area contributed by atoms with Gasteiger partial charge in [0.2, 0.25) is 5.78 Å². The van der Waals surface area contributed by atoms with Gasteiger partial charge in [0.15, 0.2) is 6.61 Å². The van der Waals surface area contributed by atoms with E-state index in [2.05, 4.69) is 21.0 Å². The minimum Gasteiger partial charge on any atom is -0.454 e. The Morgan fingerprint density at radius 1 is 1.40 bits per heavy atom. The van der Waals surface area contributed by atoms with Crippen molar-refractivity contribution in [3.63, 3.8) is 0 Å². The average molecular weight is 357 g/mol. The molecule has 0 aliphatic rings. The standard InChI is InChI=1S/C13H13BrN2O3S/c1-7-12(8(2)16(3)15-7)13(18)19-6-9(17)10-4-5-11(14)20-10/h4-5H,6H2,1-3H3. The zero-order chi connectivity index (χ0) is 14.9. The number of ketones is 1. The van der Waals surface area contributed by atoms with E-state index in [9.17, 15) is 9.59 Å². The van der Waals surface area contributed by atoms with Crippen LogP contribution in [0, 0.1) is 13.8 Å². The molecule has 0 N–H and O–H groups in total. The first-order valence-electron chi connectivity index (χ1n) is 5.86. The van der Waals surface area contributed by atoms with Crippen LogP contribution in [0.3, 0.4) is 0 Å². The first-order chi connectivity index (χ1) is 9.40. The van der Waals surface area contributed by atoms with E-state index < -0.39 is 5.97 Å². The van der Waals surface area contributed by atoms with Gasteiger partial charge >= 0.3 is 5.97 Å². The SMILES string of the molecule is Cc1nn(C)c(C)c1C(=O)OCC(=O)c1ccc(Br)s1. The summed E-state index contributed by atoms with van der Waals surface area (Å²) in [6.07, 6.45) is 0. The van der Waals surface area contributed by atoms with Crippen molar-refractivity contribution in [2.75, 3.05) is 6.61 Å². The van der Waals surface area contributed by atoms with E-state index in [-0.39, 0.29) is 12.4 Å². The number of halogens is 1. The minimum atomic E-state index is -0.517. The molecule has 2 aromatic rings. The summed E-state index contributed by atoms with van der Waals surface area (Å²) in [6, 6.07) is 3.49. The number of Topliss-reactive ketones (excluding diaryl/α,β-unsaturated/α-hetero) is 1. The number of aromatic nitrogens is 2. The third-order valence-electron chi connectivity index (χ3n) is 2.90. The first-order valence-corrected chi connectivity index (χ1v) is 7.47. The van der Waals surface area contributed by atoms with E-state index in [1.165, 1.54) is 11.3 Å². The van der Waals surface area contributed by atoms with E-state index in [1.807, 2.05) is 0 Å². The predicted octanol–water partition coefficient (Wildman–Crippen LogP) is 2.90. The Labute approximate surface area is 128 Å². The lowest BCUT2D eigenvalue weighted by Crippen LogP contribution is -2.14. The van der Waals surface area contributed by atoms with Gasteiger partial charge in [0.25, 0.3) is 0 Å². The van der Waals surface area contributed by atoms with Crippen molar-refractivity contribution in [3.8, 4) is 0 Å². The van der Waals surface area contributed by atoms with Crippen LogP contribution in [-0.2, 0) is 11.8 Å². The van der Waals surface area contributed by atoms with Crippen LogP contribution in [0.15, 0.2) is 15.9 Å². The molecule has 0 aliphatic carbocycles. The number of carbonyl (C=O) groups is 2. The second-order valence-electron chi connectivity index (χ2n) is 4.27. The molecule has 0 atom stereocenters. The smallest absolute Gasteiger partial charge is 0.342 e. The lowest BCUT2D eigenvalue weighted by molar-refractivity contribution is 0.0474. The van der Waals surface area contributed by atoms with Crippen LogP contribution in [0.4, 0.5) is 0 Å². The highest BCUT2D eigenvalue weighted by molar-refractivity contribution is 9.11. The van der Waals surface area contributed by atoms with Crippen LogP contribution < -0.4 is 0 Å². The molecule has 0 spiro atoms.